The molecule has 4 heteroatoms. The Labute approximate surface area is 124 Å². The maximum Gasteiger partial charge on any atom is 0.123 e. The minimum absolute atomic E-state index is 0.761. The number of aryl methyl sites for hydroxylation is 2. The van der Waals surface area contributed by atoms with Gasteiger partial charge in [-0.05, 0) is 43.2 Å². The number of rotatable bonds is 5. The SMILES string of the molecule is CCn1c(CNCc2cnccc2C)nc2ccccc21. The number of nitrogens with one attached hydrogen (secondary N) is 1. The molecule has 0 unspecified atom stereocenters. The van der Waals surface area contributed by atoms with Crippen molar-refractivity contribution in [2.24, 2.45) is 0 Å². The first kappa shape index (κ1) is 13.8. The van der Waals surface area contributed by atoms with E-state index in [1.807, 2.05) is 24.5 Å². The summed E-state index contributed by atoms with van der Waals surface area (Å²) in [6.45, 7) is 6.77. The van der Waals surface area contributed by atoms with Gasteiger partial charge in [0.25, 0.3) is 0 Å². The molecule has 3 aromatic rings. The van der Waals surface area contributed by atoms with Crippen molar-refractivity contribution in [3.05, 3.63) is 59.7 Å². The topological polar surface area (TPSA) is 42.7 Å². The summed E-state index contributed by atoms with van der Waals surface area (Å²) in [4.78, 5) is 8.90. The van der Waals surface area contributed by atoms with Crippen LogP contribution in [0, 0.1) is 6.92 Å². The van der Waals surface area contributed by atoms with Crippen LogP contribution in [0.25, 0.3) is 11.0 Å². The summed E-state index contributed by atoms with van der Waals surface area (Å²) in [5.74, 6) is 1.08. The van der Waals surface area contributed by atoms with Gasteiger partial charge in [0, 0.05) is 25.5 Å². The second-order valence-electron chi connectivity index (χ2n) is 5.17. The van der Waals surface area contributed by atoms with E-state index in [4.69, 9.17) is 4.98 Å². The highest BCUT2D eigenvalue weighted by Gasteiger charge is 2.08. The number of nitrogens with zero attached hydrogens (tertiary/aromatic N) is 3. The molecule has 2 heterocycles. The molecule has 0 amide bonds. The van der Waals surface area contributed by atoms with Crippen LogP contribution in [0.4, 0.5) is 0 Å². The van der Waals surface area contributed by atoms with Gasteiger partial charge in [0.2, 0.25) is 0 Å². The van der Waals surface area contributed by atoms with Gasteiger partial charge >= 0.3 is 0 Å². The van der Waals surface area contributed by atoms with E-state index in [2.05, 4.69) is 46.9 Å². The predicted molar refractivity (Wildman–Crippen MR) is 84.9 cm³/mol. The molecular weight excluding hydrogens is 260 g/mol. The van der Waals surface area contributed by atoms with Crippen molar-refractivity contribution in [2.75, 3.05) is 0 Å². The molecule has 0 radical (unpaired) electrons. The highest BCUT2D eigenvalue weighted by molar-refractivity contribution is 5.75. The van der Waals surface area contributed by atoms with E-state index >= 15 is 0 Å². The number of benzene rings is 1. The molecule has 0 aliphatic carbocycles. The standard InChI is InChI=1S/C17H20N4/c1-3-21-16-7-5-4-6-15(16)20-17(21)12-19-11-14-10-18-9-8-13(14)2/h4-10,19H,3,11-12H2,1-2H3. The molecule has 0 fully saturated rings. The Bertz CT molecular complexity index is 745. The Balaban J connectivity index is 1.75. The molecule has 0 spiro atoms. The number of pyridine rings is 1. The molecule has 108 valence electrons. The maximum absolute atomic E-state index is 4.72. The van der Waals surface area contributed by atoms with E-state index in [-0.39, 0.29) is 0 Å². The molecule has 0 saturated carbocycles. The van der Waals surface area contributed by atoms with Crippen molar-refractivity contribution < 1.29 is 0 Å². The van der Waals surface area contributed by atoms with Crippen LogP contribution < -0.4 is 5.32 Å². The minimum Gasteiger partial charge on any atom is -0.327 e. The van der Waals surface area contributed by atoms with Crippen LogP contribution >= 0.6 is 0 Å². The molecule has 0 aliphatic heterocycles. The van der Waals surface area contributed by atoms with Gasteiger partial charge in [-0.2, -0.15) is 0 Å². The molecule has 3 rings (SSSR count). The molecule has 21 heavy (non-hydrogen) atoms. The fourth-order valence-corrected chi connectivity index (χ4v) is 2.60. The first-order valence-electron chi connectivity index (χ1n) is 7.34. The zero-order chi connectivity index (χ0) is 14.7. The molecule has 0 bridgehead atoms. The summed E-state index contributed by atoms with van der Waals surface area (Å²) in [5, 5.41) is 3.47. The lowest BCUT2D eigenvalue weighted by Gasteiger charge is -2.09. The Kier molecular flexibility index (Phi) is 3.97. The third kappa shape index (κ3) is 2.81. The first-order chi connectivity index (χ1) is 10.3. The van der Waals surface area contributed by atoms with E-state index in [1.54, 1.807) is 0 Å². The molecule has 1 N–H and O–H groups in total. The van der Waals surface area contributed by atoms with Gasteiger partial charge in [-0.25, -0.2) is 4.98 Å². The number of hydrogen-bond donors (Lipinski definition) is 1. The molecule has 0 aliphatic rings. The summed E-state index contributed by atoms with van der Waals surface area (Å²) in [5.41, 5.74) is 4.77. The Morgan fingerprint density at radius 1 is 1.14 bits per heavy atom. The van der Waals surface area contributed by atoms with E-state index in [9.17, 15) is 0 Å². The average Bonchev–Trinajstić information content (AvgIpc) is 2.86. The Hall–Kier alpha value is -2.20. The Morgan fingerprint density at radius 3 is 2.81 bits per heavy atom. The molecule has 4 nitrogen and oxygen atoms in total. The first-order valence-corrected chi connectivity index (χ1v) is 7.34. The van der Waals surface area contributed by atoms with Crippen molar-refractivity contribution in [3.8, 4) is 0 Å². The number of para-hydroxylation sites is 2. The third-order valence-corrected chi connectivity index (χ3v) is 3.80. The van der Waals surface area contributed by atoms with Crippen LogP contribution in [-0.4, -0.2) is 14.5 Å². The number of imidazole rings is 1. The summed E-state index contributed by atoms with van der Waals surface area (Å²) < 4.78 is 2.26. The molecule has 0 atom stereocenters. The smallest absolute Gasteiger partial charge is 0.123 e. The highest BCUT2D eigenvalue weighted by atomic mass is 15.1. The summed E-state index contributed by atoms with van der Waals surface area (Å²) in [6.07, 6.45) is 3.75. The van der Waals surface area contributed by atoms with Gasteiger partial charge in [0.05, 0.1) is 17.6 Å². The van der Waals surface area contributed by atoms with Crippen LogP contribution in [0.2, 0.25) is 0 Å². The number of aromatic nitrogens is 3. The van der Waals surface area contributed by atoms with Crippen LogP contribution in [-0.2, 0) is 19.6 Å². The van der Waals surface area contributed by atoms with Crippen molar-refractivity contribution in [1.29, 1.82) is 0 Å². The fourth-order valence-electron chi connectivity index (χ4n) is 2.60. The van der Waals surface area contributed by atoms with Crippen molar-refractivity contribution in [1.82, 2.24) is 19.9 Å². The van der Waals surface area contributed by atoms with Crippen LogP contribution in [0.15, 0.2) is 42.7 Å². The maximum atomic E-state index is 4.72. The number of fused-ring (bicyclic) bond motifs is 1. The van der Waals surface area contributed by atoms with E-state index in [0.29, 0.717) is 0 Å². The molecule has 1 aromatic carbocycles. The van der Waals surface area contributed by atoms with Crippen LogP contribution in [0.3, 0.4) is 0 Å². The zero-order valence-corrected chi connectivity index (χ0v) is 12.5. The lowest BCUT2D eigenvalue weighted by molar-refractivity contribution is 0.619. The predicted octanol–water partition coefficient (Wildman–Crippen LogP) is 3.05. The zero-order valence-electron chi connectivity index (χ0n) is 12.5. The lowest BCUT2D eigenvalue weighted by atomic mass is 10.1. The second kappa shape index (κ2) is 6.06. The minimum atomic E-state index is 0.761. The van der Waals surface area contributed by atoms with E-state index in [1.165, 1.54) is 16.6 Å². The van der Waals surface area contributed by atoms with Gasteiger partial charge in [0.15, 0.2) is 0 Å². The molecule has 0 saturated heterocycles. The Morgan fingerprint density at radius 2 is 2.00 bits per heavy atom. The third-order valence-electron chi connectivity index (χ3n) is 3.80. The fraction of sp³-hybridized carbons (Fsp3) is 0.294. The average molecular weight is 280 g/mol. The van der Waals surface area contributed by atoms with E-state index < -0.39 is 0 Å². The van der Waals surface area contributed by atoms with Gasteiger partial charge < -0.3 is 9.88 Å². The van der Waals surface area contributed by atoms with Crippen molar-refractivity contribution in [3.63, 3.8) is 0 Å². The molecular formula is C17H20N4. The summed E-state index contributed by atoms with van der Waals surface area (Å²) >= 11 is 0. The largest absolute Gasteiger partial charge is 0.327 e. The second-order valence-corrected chi connectivity index (χ2v) is 5.17. The van der Waals surface area contributed by atoms with Gasteiger partial charge in [-0.3, -0.25) is 4.98 Å². The van der Waals surface area contributed by atoms with Gasteiger partial charge in [-0.1, -0.05) is 12.1 Å². The van der Waals surface area contributed by atoms with Crippen LogP contribution in [0.5, 0.6) is 0 Å². The van der Waals surface area contributed by atoms with Gasteiger partial charge in [-0.15, -0.1) is 0 Å². The number of hydrogen-bond acceptors (Lipinski definition) is 3. The van der Waals surface area contributed by atoms with Crippen LogP contribution in [0.1, 0.15) is 23.9 Å². The quantitative estimate of drug-likeness (QED) is 0.781. The van der Waals surface area contributed by atoms with Crippen molar-refractivity contribution in [2.45, 2.75) is 33.5 Å². The van der Waals surface area contributed by atoms with Gasteiger partial charge in [0.1, 0.15) is 5.82 Å². The van der Waals surface area contributed by atoms with Crippen molar-refractivity contribution >= 4 is 11.0 Å². The molecule has 2 aromatic heterocycles. The highest BCUT2D eigenvalue weighted by Crippen LogP contribution is 2.16. The monoisotopic (exact) mass is 280 g/mol. The summed E-state index contributed by atoms with van der Waals surface area (Å²) in [6, 6.07) is 10.3. The van der Waals surface area contributed by atoms with E-state index in [0.717, 1.165) is 31.0 Å². The summed E-state index contributed by atoms with van der Waals surface area (Å²) in [7, 11) is 0. The normalized spacial score (nSPS) is 11.1. The lowest BCUT2D eigenvalue weighted by Crippen LogP contribution is -2.17.